The Morgan fingerprint density at radius 3 is 1.96 bits per heavy atom. The second kappa shape index (κ2) is 10.5. The van der Waals surface area contributed by atoms with E-state index < -0.39 is 0 Å². The zero-order valence-corrected chi connectivity index (χ0v) is 15.6. The van der Waals surface area contributed by atoms with Gasteiger partial charge in [0, 0.05) is 5.38 Å². The predicted octanol–water partition coefficient (Wildman–Crippen LogP) is 6.59. The molecule has 0 saturated heterocycles. The second-order valence-electron chi connectivity index (χ2n) is 6.22. The van der Waals surface area contributed by atoms with E-state index in [0.717, 1.165) is 63.2 Å². The van der Waals surface area contributed by atoms with E-state index in [9.17, 15) is 0 Å². The molecule has 0 aliphatic rings. The van der Waals surface area contributed by atoms with Gasteiger partial charge in [-0.25, -0.2) is 0 Å². The van der Waals surface area contributed by atoms with E-state index in [1.165, 1.54) is 10.8 Å². The van der Waals surface area contributed by atoms with Crippen LogP contribution >= 0.6 is 11.6 Å². The van der Waals surface area contributed by atoms with E-state index in [-0.39, 0.29) is 0 Å². The largest absolute Gasteiger partial charge is 0.494 e. The lowest BCUT2D eigenvalue weighted by atomic mass is 10.1. The minimum absolute atomic E-state index is 0.305. The van der Waals surface area contributed by atoms with Crippen LogP contribution in [0, 0.1) is 0 Å². The van der Waals surface area contributed by atoms with Crippen LogP contribution < -0.4 is 9.47 Å². The van der Waals surface area contributed by atoms with E-state index in [2.05, 4.69) is 38.1 Å². The predicted molar refractivity (Wildman–Crippen MR) is 104 cm³/mol. The van der Waals surface area contributed by atoms with Crippen molar-refractivity contribution < 1.29 is 9.47 Å². The van der Waals surface area contributed by atoms with Gasteiger partial charge in [0.05, 0.1) is 13.2 Å². The molecule has 2 aromatic rings. The highest BCUT2D eigenvalue weighted by molar-refractivity contribution is 6.20. The van der Waals surface area contributed by atoms with Crippen molar-refractivity contribution in [1.29, 1.82) is 0 Å². The smallest absolute Gasteiger partial charge is 0.119 e. The lowest BCUT2D eigenvalue weighted by Crippen LogP contribution is -2.00. The first-order chi connectivity index (χ1) is 11.7. The van der Waals surface area contributed by atoms with Crippen LogP contribution in [0.2, 0.25) is 0 Å². The molecule has 3 heteroatoms. The van der Waals surface area contributed by atoms with Crippen LogP contribution in [0.5, 0.6) is 11.5 Å². The van der Waals surface area contributed by atoms with Gasteiger partial charge in [-0.2, -0.15) is 0 Å². The van der Waals surface area contributed by atoms with Crippen molar-refractivity contribution in [3.63, 3.8) is 0 Å². The average molecular weight is 349 g/mol. The molecule has 0 spiro atoms. The fourth-order valence-electron chi connectivity index (χ4n) is 2.58. The Morgan fingerprint density at radius 2 is 1.42 bits per heavy atom. The van der Waals surface area contributed by atoms with Crippen molar-refractivity contribution in [2.24, 2.45) is 0 Å². The van der Waals surface area contributed by atoms with Crippen molar-refractivity contribution in [3.8, 4) is 11.5 Å². The zero-order chi connectivity index (χ0) is 17.2. The minimum Gasteiger partial charge on any atom is -0.494 e. The Labute approximate surface area is 151 Å². The van der Waals surface area contributed by atoms with E-state index in [0.29, 0.717) is 5.38 Å². The molecule has 0 aromatic heterocycles. The van der Waals surface area contributed by atoms with Crippen LogP contribution in [0.1, 0.15) is 52.4 Å². The average Bonchev–Trinajstić information content (AvgIpc) is 2.61. The topological polar surface area (TPSA) is 18.5 Å². The Hall–Kier alpha value is -1.41. The molecule has 2 aromatic carbocycles. The van der Waals surface area contributed by atoms with E-state index in [1.54, 1.807) is 0 Å². The van der Waals surface area contributed by atoms with Crippen LogP contribution in [0.4, 0.5) is 0 Å². The standard InChI is InChI=1S/C21H29ClO2/c1-3-5-13-23-20-11-9-18-16-21(12-10-17(18)15-20)24-14-7-6-8-19(22)4-2/h9-12,15-16,19H,3-8,13-14H2,1-2H3. The molecular weight excluding hydrogens is 320 g/mol. The molecule has 0 saturated carbocycles. The van der Waals surface area contributed by atoms with Gasteiger partial charge in [0.2, 0.25) is 0 Å². The highest BCUT2D eigenvalue weighted by atomic mass is 35.5. The van der Waals surface area contributed by atoms with Crippen LogP contribution in [0.15, 0.2) is 36.4 Å². The molecular formula is C21H29ClO2. The fourth-order valence-corrected chi connectivity index (χ4v) is 2.73. The number of hydrogen-bond donors (Lipinski definition) is 0. The Balaban J connectivity index is 1.83. The minimum atomic E-state index is 0.305. The van der Waals surface area contributed by atoms with Gasteiger partial charge in [-0.15, -0.1) is 11.6 Å². The summed E-state index contributed by atoms with van der Waals surface area (Å²) in [6.07, 6.45) is 6.52. The SMILES string of the molecule is CCCCOc1ccc2cc(OCCCCC(Cl)CC)ccc2c1. The lowest BCUT2D eigenvalue weighted by Gasteiger charge is -2.10. The van der Waals surface area contributed by atoms with Crippen LogP contribution in [0.3, 0.4) is 0 Å². The number of fused-ring (bicyclic) bond motifs is 1. The molecule has 0 heterocycles. The number of unbranched alkanes of at least 4 members (excludes halogenated alkanes) is 2. The monoisotopic (exact) mass is 348 g/mol. The van der Waals surface area contributed by atoms with Crippen LogP contribution in [0.25, 0.3) is 10.8 Å². The summed E-state index contributed by atoms with van der Waals surface area (Å²) >= 11 is 6.13. The highest BCUT2D eigenvalue weighted by Gasteiger charge is 2.02. The molecule has 0 aliphatic heterocycles. The maximum absolute atomic E-state index is 6.13. The van der Waals surface area contributed by atoms with Crippen molar-refractivity contribution in [3.05, 3.63) is 36.4 Å². The van der Waals surface area contributed by atoms with E-state index >= 15 is 0 Å². The van der Waals surface area contributed by atoms with Gasteiger partial charge in [-0.3, -0.25) is 0 Å². The number of alkyl halides is 1. The third kappa shape index (κ3) is 6.24. The molecule has 0 radical (unpaired) electrons. The summed E-state index contributed by atoms with van der Waals surface area (Å²) in [5, 5.41) is 2.67. The number of rotatable bonds is 11. The highest BCUT2D eigenvalue weighted by Crippen LogP contribution is 2.25. The van der Waals surface area contributed by atoms with Crippen molar-refractivity contribution in [2.75, 3.05) is 13.2 Å². The lowest BCUT2D eigenvalue weighted by molar-refractivity contribution is 0.305. The zero-order valence-electron chi connectivity index (χ0n) is 14.9. The normalized spacial score (nSPS) is 12.3. The Morgan fingerprint density at radius 1 is 0.833 bits per heavy atom. The summed E-state index contributed by atoms with van der Waals surface area (Å²) in [6, 6.07) is 12.5. The van der Waals surface area contributed by atoms with E-state index in [1.807, 2.05) is 12.1 Å². The molecule has 1 unspecified atom stereocenters. The van der Waals surface area contributed by atoms with Crippen molar-refractivity contribution >= 4 is 22.4 Å². The molecule has 0 fully saturated rings. The molecule has 0 aliphatic carbocycles. The van der Waals surface area contributed by atoms with Crippen molar-refractivity contribution in [2.45, 2.75) is 57.7 Å². The molecule has 0 bridgehead atoms. The van der Waals surface area contributed by atoms with Gasteiger partial charge in [-0.1, -0.05) is 32.4 Å². The summed E-state index contributed by atoms with van der Waals surface area (Å²) in [6.45, 7) is 5.83. The first-order valence-electron chi connectivity index (χ1n) is 9.16. The second-order valence-corrected chi connectivity index (χ2v) is 6.84. The van der Waals surface area contributed by atoms with Gasteiger partial charge in [0.15, 0.2) is 0 Å². The molecule has 24 heavy (non-hydrogen) atoms. The number of benzene rings is 2. The Bertz CT molecular complexity index is 612. The number of halogens is 1. The van der Waals surface area contributed by atoms with E-state index in [4.69, 9.17) is 21.1 Å². The summed E-state index contributed by atoms with van der Waals surface area (Å²) in [7, 11) is 0. The van der Waals surface area contributed by atoms with Crippen molar-refractivity contribution in [1.82, 2.24) is 0 Å². The maximum Gasteiger partial charge on any atom is 0.119 e. The van der Waals surface area contributed by atoms with Gasteiger partial charge < -0.3 is 9.47 Å². The summed E-state index contributed by atoms with van der Waals surface area (Å²) in [5.74, 6) is 1.87. The molecule has 2 rings (SSSR count). The molecule has 0 N–H and O–H groups in total. The van der Waals surface area contributed by atoms with Crippen LogP contribution in [-0.4, -0.2) is 18.6 Å². The quantitative estimate of drug-likeness (QED) is 0.337. The van der Waals surface area contributed by atoms with Crippen LogP contribution in [-0.2, 0) is 0 Å². The van der Waals surface area contributed by atoms with Gasteiger partial charge in [-0.05, 0) is 67.1 Å². The fraction of sp³-hybridized carbons (Fsp3) is 0.524. The van der Waals surface area contributed by atoms with Gasteiger partial charge in [0.25, 0.3) is 0 Å². The first kappa shape index (κ1) is 18.9. The number of hydrogen-bond acceptors (Lipinski definition) is 2. The molecule has 132 valence electrons. The summed E-state index contributed by atoms with van der Waals surface area (Å²) in [4.78, 5) is 0. The van der Waals surface area contributed by atoms with Gasteiger partial charge >= 0.3 is 0 Å². The Kier molecular flexibility index (Phi) is 8.24. The number of ether oxygens (including phenoxy) is 2. The third-order valence-electron chi connectivity index (χ3n) is 4.17. The summed E-state index contributed by atoms with van der Waals surface area (Å²) in [5.41, 5.74) is 0. The summed E-state index contributed by atoms with van der Waals surface area (Å²) < 4.78 is 11.6. The third-order valence-corrected chi connectivity index (χ3v) is 4.70. The molecule has 2 nitrogen and oxygen atoms in total. The molecule has 0 amide bonds. The van der Waals surface area contributed by atoms with Gasteiger partial charge in [0.1, 0.15) is 11.5 Å². The maximum atomic E-state index is 6.13. The molecule has 1 atom stereocenters. The first-order valence-corrected chi connectivity index (χ1v) is 9.60.